The lowest BCUT2D eigenvalue weighted by atomic mass is 9.95. The molecule has 4 bridgehead atoms. The molecule has 214 valence electrons. The number of benzene rings is 1. The zero-order valence-electron chi connectivity index (χ0n) is 22.8. The predicted octanol–water partition coefficient (Wildman–Crippen LogP) is 2.50. The van der Waals surface area contributed by atoms with Gasteiger partial charge < -0.3 is 30.0 Å². The van der Waals surface area contributed by atoms with Crippen LogP contribution < -0.4 is 15.4 Å². The first-order chi connectivity index (χ1) is 19.0. The lowest BCUT2D eigenvalue weighted by Gasteiger charge is -2.36. The molecule has 5 aliphatic rings. The van der Waals surface area contributed by atoms with E-state index >= 15 is 0 Å². The van der Waals surface area contributed by atoms with Crippen LogP contribution in [-0.4, -0.2) is 91.2 Å². The number of amides is 2. The van der Waals surface area contributed by atoms with Crippen LogP contribution >= 0.6 is 0 Å². The Bertz CT molecular complexity index is 1020. The fraction of sp³-hybridized carbons (Fsp3) is 0.733. The van der Waals surface area contributed by atoms with Crippen LogP contribution in [0.4, 0.5) is 0 Å². The molecule has 3 saturated heterocycles. The second kappa shape index (κ2) is 12.1. The lowest BCUT2D eigenvalue weighted by Crippen LogP contribution is -2.52. The zero-order valence-corrected chi connectivity index (χ0v) is 22.8. The van der Waals surface area contributed by atoms with Crippen molar-refractivity contribution in [3.8, 4) is 5.75 Å². The van der Waals surface area contributed by atoms with Crippen molar-refractivity contribution >= 4 is 11.8 Å². The molecule has 1 aliphatic carbocycles. The molecular weight excluding hydrogens is 498 g/mol. The fourth-order valence-corrected chi connectivity index (χ4v) is 7.23. The summed E-state index contributed by atoms with van der Waals surface area (Å²) in [4.78, 5) is 29.3. The van der Waals surface area contributed by atoms with Gasteiger partial charge in [0.05, 0.1) is 30.4 Å². The monoisotopic (exact) mass is 541 g/mol. The summed E-state index contributed by atoms with van der Waals surface area (Å²) in [5.41, 5.74) is 1.79. The average Bonchev–Trinajstić information content (AvgIpc) is 3.64. The van der Waals surface area contributed by atoms with Crippen LogP contribution in [0.15, 0.2) is 18.2 Å². The molecule has 0 aromatic heterocycles. The summed E-state index contributed by atoms with van der Waals surface area (Å²) in [7, 11) is 0. The number of likely N-dealkylation sites (tertiary alicyclic amines) is 1. The van der Waals surface area contributed by atoms with Crippen molar-refractivity contribution in [2.24, 2.45) is 0 Å². The van der Waals surface area contributed by atoms with Gasteiger partial charge in [-0.25, -0.2) is 0 Å². The normalized spacial score (nSPS) is 33.7. The van der Waals surface area contributed by atoms with Crippen molar-refractivity contribution in [3.63, 3.8) is 0 Å². The zero-order chi connectivity index (χ0) is 26.8. The number of nitrogens with one attached hydrogen (secondary N) is 2. The standard InChI is InChI=1S/C30H43N3O6/c34-26-8-6-23-11-14-38-27-15-20(19-3-1-2-4-19)5-7-24(27)29(35)32-21-16-25(30(36)31-17-28(26)39-23)33(18-21)22-9-12-37-13-10-22/h5,7,15,19,21-23,25-26,28,34H,1-4,6,8-14,16-18H2,(H,31,36)(H,32,35)/t21-,23-,25-,26-,28+/m0/s1. The average molecular weight is 542 g/mol. The minimum absolute atomic E-state index is 0.0619. The van der Waals surface area contributed by atoms with Crippen LogP contribution in [0.25, 0.3) is 0 Å². The van der Waals surface area contributed by atoms with Gasteiger partial charge in [-0.05, 0) is 68.6 Å². The number of ether oxygens (including phenoxy) is 3. The maximum atomic E-state index is 13.6. The largest absolute Gasteiger partial charge is 0.493 e. The van der Waals surface area contributed by atoms with Gasteiger partial charge in [-0.2, -0.15) is 0 Å². The van der Waals surface area contributed by atoms with Crippen LogP contribution in [0, 0.1) is 0 Å². The number of hydrogen-bond acceptors (Lipinski definition) is 7. The van der Waals surface area contributed by atoms with Crippen molar-refractivity contribution in [1.82, 2.24) is 15.5 Å². The lowest BCUT2D eigenvalue weighted by molar-refractivity contribution is -0.134. The molecule has 1 saturated carbocycles. The highest BCUT2D eigenvalue weighted by Crippen LogP contribution is 2.37. The molecule has 9 nitrogen and oxygen atoms in total. The Kier molecular flexibility index (Phi) is 8.39. The summed E-state index contributed by atoms with van der Waals surface area (Å²) >= 11 is 0. The second-order valence-corrected chi connectivity index (χ2v) is 12.0. The first kappa shape index (κ1) is 27.0. The van der Waals surface area contributed by atoms with Crippen LogP contribution in [0.5, 0.6) is 5.75 Å². The number of aliphatic hydroxyl groups excluding tert-OH is 1. The van der Waals surface area contributed by atoms with Gasteiger partial charge in [-0.1, -0.05) is 18.9 Å². The van der Waals surface area contributed by atoms with E-state index in [2.05, 4.69) is 27.7 Å². The first-order valence-corrected chi connectivity index (χ1v) is 15.1. The highest BCUT2D eigenvalue weighted by molar-refractivity contribution is 5.97. The molecular formula is C30H43N3O6. The van der Waals surface area contributed by atoms with Crippen LogP contribution in [-0.2, 0) is 14.3 Å². The fourth-order valence-electron chi connectivity index (χ4n) is 7.23. The van der Waals surface area contributed by atoms with E-state index in [1.165, 1.54) is 31.2 Å². The van der Waals surface area contributed by atoms with E-state index in [0.717, 1.165) is 19.3 Å². The van der Waals surface area contributed by atoms with E-state index in [1.807, 2.05) is 6.07 Å². The maximum Gasteiger partial charge on any atom is 0.255 e. The van der Waals surface area contributed by atoms with Gasteiger partial charge in [-0.3, -0.25) is 14.5 Å². The van der Waals surface area contributed by atoms with E-state index in [1.54, 1.807) is 0 Å². The summed E-state index contributed by atoms with van der Waals surface area (Å²) < 4.78 is 18.1. The third-order valence-electron chi connectivity index (χ3n) is 9.47. The minimum atomic E-state index is -0.599. The van der Waals surface area contributed by atoms with Gasteiger partial charge >= 0.3 is 0 Å². The molecule has 9 heteroatoms. The van der Waals surface area contributed by atoms with E-state index in [4.69, 9.17) is 14.2 Å². The predicted molar refractivity (Wildman–Crippen MR) is 145 cm³/mol. The van der Waals surface area contributed by atoms with Gasteiger partial charge in [0.1, 0.15) is 11.9 Å². The minimum Gasteiger partial charge on any atom is -0.493 e. The van der Waals surface area contributed by atoms with Crippen LogP contribution in [0.3, 0.4) is 0 Å². The first-order valence-electron chi connectivity index (χ1n) is 15.1. The molecule has 1 aromatic rings. The van der Waals surface area contributed by atoms with Crippen molar-refractivity contribution in [2.45, 2.75) is 107 Å². The van der Waals surface area contributed by atoms with E-state index in [-0.39, 0.29) is 42.6 Å². The maximum absolute atomic E-state index is 13.6. The molecule has 3 N–H and O–H groups in total. The number of rotatable bonds is 2. The Hall–Kier alpha value is -2.20. The molecule has 39 heavy (non-hydrogen) atoms. The van der Waals surface area contributed by atoms with E-state index in [9.17, 15) is 14.7 Å². The molecule has 4 aliphatic heterocycles. The van der Waals surface area contributed by atoms with E-state index in [0.29, 0.717) is 62.9 Å². The Balaban J connectivity index is 1.27. The number of carbonyl (C=O) groups is 2. The second-order valence-electron chi connectivity index (χ2n) is 12.0. The number of aliphatic hydroxyl groups is 1. The summed E-state index contributed by atoms with van der Waals surface area (Å²) in [6.07, 6.45) is 8.08. The molecule has 5 atom stereocenters. The van der Waals surface area contributed by atoms with Crippen LogP contribution in [0.2, 0.25) is 0 Å². The van der Waals surface area contributed by atoms with E-state index < -0.39 is 12.2 Å². The van der Waals surface area contributed by atoms with Gasteiger partial charge in [0.15, 0.2) is 0 Å². The highest BCUT2D eigenvalue weighted by Gasteiger charge is 2.42. The quantitative estimate of drug-likeness (QED) is 0.528. The van der Waals surface area contributed by atoms with Gasteiger partial charge in [0.25, 0.3) is 5.91 Å². The summed E-state index contributed by atoms with van der Waals surface area (Å²) in [5, 5.41) is 16.9. The summed E-state index contributed by atoms with van der Waals surface area (Å²) in [5.74, 6) is 0.941. The Morgan fingerprint density at radius 1 is 0.949 bits per heavy atom. The number of nitrogens with zero attached hydrogens (tertiary/aromatic N) is 1. The molecule has 0 unspecified atom stereocenters. The number of hydrogen-bond donors (Lipinski definition) is 3. The number of carbonyl (C=O) groups excluding carboxylic acids is 2. The third-order valence-corrected chi connectivity index (χ3v) is 9.47. The van der Waals surface area contributed by atoms with Gasteiger partial charge in [0, 0.05) is 44.8 Å². The molecule has 0 spiro atoms. The van der Waals surface area contributed by atoms with Crippen molar-refractivity contribution < 1.29 is 28.9 Å². The van der Waals surface area contributed by atoms with Crippen molar-refractivity contribution in [3.05, 3.63) is 29.3 Å². The molecule has 2 amide bonds. The molecule has 4 heterocycles. The van der Waals surface area contributed by atoms with Gasteiger partial charge in [0.2, 0.25) is 5.91 Å². The molecule has 1 aromatic carbocycles. The van der Waals surface area contributed by atoms with Crippen LogP contribution in [0.1, 0.15) is 86.0 Å². The highest BCUT2D eigenvalue weighted by atomic mass is 16.5. The van der Waals surface area contributed by atoms with Gasteiger partial charge in [-0.15, -0.1) is 0 Å². The topological polar surface area (TPSA) is 109 Å². The summed E-state index contributed by atoms with van der Waals surface area (Å²) in [6, 6.07) is 5.83. The smallest absolute Gasteiger partial charge is 0.255 e. The molecule has 4 fully saturated rings. The number of fused-ring (bicyclic) bond motifs is 5. The van der Waals surface area contributed by atoms with Crippen molar-refractivity contribution in [2.75, 3.05) is 32.9 Å². The molecule has 0 radical (unpaired) electrons. The Morgan fingerprint density at radius 3 is 2.59 bits per heavy atom. The third kappa shape index (κ3) is 6.11. The Labute approximate surface area is 230 Å². The SMILES string of the molecule is O=C1N[C@H]2C[C@@H](C(=O)NC[C@H]3O[C@H](CCOc4cc(C5CCCC5)ccc41)CC[C@@H]3O)N(C1CCOCC1)C2. The Morgan fingerprint density at radius 2 is 1.77 bits per heavy atom. The van der Waals surface area contributed by atoms with Crippen molar-refractivity contribution in [1.29, 1.82) is 0 Å². The summed E-state index contributed by atoms with van der Waals surface area (Å²) in [6.45, 7) is 2.70. The molecule has 6 rings (SSSR count).